The van der Waals surface area contributed by atoms with Crippen LogP contribution in [0.4, 0.5) is 11.4 Å². The lowest BCUT2D eigenvalue weighted by Crippen LogP contribution is -2.46. The van der Waals surface area contributed by atoms with Gasteiger partial charge < -0.3 is 14.7 Å². The second-order valence-corrected chi connectivity index (χ2v) is 8.75. The molecule has 0 radical (unpaired) electrons. The molecule has 0 amide bonds. The van der Waals surface area contributed by atoms with Crippen molar-refractivity contribution >= 4 is 17.5 Å². The van der Waals surface area contributed by atoms with E-state index < -0.39 is 0 Å². The summed E-state index contributed by atoms with van der Waals surface area (Å²) < 4.78 is 0. The average Bonchev–Trinajstić information content (AvgIpc) is 3.47. The number of benzene rings is 2. The summed E-state index contributed by atoms with van der Waals surface area (Å²) in [5.41, 5.74) is 6.22. The number of nitriles is 1. The van der Waals surface area contributed by atoms with Crippen molar-refractivity contribution in [1.82, 2.24) is 4.90 Å². The Kier molecular flexibility index (Phi) is 5.46. The largest absolute Gasteiger partial charge is 0.368 e. The fraction of sp³-hybridized carbons (Fsp3) is 0.423. The fourth-order valence-corrected chi connectivity index (χ4v) is 5.10. The van der Waals surface area contributed by atoms with Gasteiger partial charge in [-0.25, -0.2) is 0 Å². The molecular formula is C26H30N4. The van der Waals surface area contributed by atoms with Crippen LogP contribution < -0.4 is 9.80 Å². The van der Waals surface area contributed by atoms with Crippen LogP contribution in [-0.4, -0.2) is 50.7 Å². The quantitative estimate of drug-likeness (QED) is 0.744. The Hall–Kier alpha value is -2.77. The molecule has 2 aromatic carbocycles. The second-order valence-electron chi connectivity index (χ2n) is 8.75. The van der Waals surface area contributed by atoms with Gasteiger partial charge in [-0.15, -0.1) is 0 Å². The number of allylic oxidation sites excluding steroid dienone is 1. The molecule has 154 valence electrons. The Balaban J connectivity index is 1.22. The molecular weight excluding hydrogens is 368 g/mol. The summed E-state index contributed by atoms with van der Waals surface area (Å²) in [4.78, 5) is 7.57. The number of hydrogen-bond acceptors (Lipinski definition) is 4. The Bertz CT molecular complexity index is 942. The van der Waals surface area contributed by atoms with Crippen LogP contribution in [0, 0.1) is 11.3 Å². The Morgan fingerprint density at radius 2 is 1.50 bits per heavy atom. The highest BCUT2D eigenvalue weighted by Gasteiger charge is 2.23. The van der Waals surface area contributed by atoms with E-state index in [4.69, 9.17) is 5.26 Å². The third-order valence-electron chi connectivity index (χ3n) is 6.94. The average molecular weight is 399 g/mol. The summed E-state index contributed by atoms with van der Waals surface area (Å²) in [6, 6.07) is 17.2. The molecule has 2 aromatic rings. The van der Waals surface area contributed by atoms with Gasteiger partial charge in [-0.2, -0.15) is 5.26 Å². The van der Waals surface area contributed by atoms with E-state index in [0.29, 0.717) is 5.92 Å². The van der Waals surface area contributed by atoms with Gasteiger partial charge in [0.05, 0.1) is 11.6 Å². The zero-order chi connectivity index (χ0) is 20.3. The van der Waals surface area contributed by atoms with Crippen molar-refractivity contribution in [3.05, 3.63) is 65.2 Å². The number of rotatable bonds is 5. The van der Waals surface area contributed by atoms with Gasteiger partial charge in [-0.3, -0.25) is 0 Å². The molecule has 1 aliphatic carbocycles. The first-order valence-electron chi connectivity index (χ1n) is 11.3. The summed E-state index contributed by atoms with van der Waals surface area (Å²) >= 11 is 0. The summed E-state index contributed by atoms with van der Waals surface area (Å²) in [5, 5.41) is 9.00. The van der Waals surface area contributed by atoms with Gasteiger partial charge in [0.2, 0.25) is 0 Å². The molecule has 2 heterocycles. The van der Waals surface area contributed by atoms with Gasteiger partial charge in [-0.1, -0.05) is 18.2 Å². The minimum atomic E-state index is 0.570. The first-order chi connectivity index (χ1) is 14.8. The highest BCUT2D eigenvalue weighted by molar-refractivity contribution is 5.67. The van der Waals surface area contributed by atoms with Crippen molar-refractivity contribution in [2.75, 3.05) is 55.6 Å². The fourth-order valence-electron chi connectivity index (χ4n) is 5.10. The van der Waals surface area contributed by atoms with Gasteiger partial charge in [0.25, 0.3) is 0 Å². The first-order valence-corrected chi connectivity index (χ1v) is 11.3. The molecule has 4 nitrogen and oxygen atoms in total. The highest BCUT2D eigenvalue weighted by Crippen LogP contribution is 2.36. The van der Waals surface area contributed by atoms with Crippen LogP contribution in [0.1, 0.15) is 41.9 Å². The summed E-state index contributed by atoms with van der Waals surface area (Å²) in [5.74, 6) is 0.570. The number of hydrogen-bond donors (Lipinski definition) is 0. The topological polar surface area (TPSA) is 33.5 Å². The van der Waals surface area contributed by atoms with Gasteiger partial charge in [-0.05, 0) is 86.4 Å². The van der Waals surface area contributed by atoms with Crippen LogP contribution in [0.5, 0.6) is 0 Å². The maximum absolute atomic E-state index is 9.00. The van der Waals surface area contributed by atoms with Crippen molar-refractivity contribution in [1.29, 1.82) is 5.26 Å². The molecule has 0 aromatic heterocycles. The molecule has 2 saturated heterocycles. The molecule has 30 heavy (non-hydrogen) atoms. The molecule has 0 unspecified atom stereocenters. The standard InChI is InChI=1S/C26H30N4/c27-20-21-3-8-24(9-4-21)29-15-17-30(18-16-29)25-10-7-22-5-6-23(26(22)19-25)11-14-28-12-1-2-13-28/h3-10,19,23H,1-2,11-18H2/t23-/m1/s1. The maximum atomic E-state index is 9.00. The van der Waals surface area contributed by atoms with E-state index in [1.807, 2.05) is 12.1 Å². The lowest BCUT2D eigenvalue weighted by Gasteiger charge is -2.37. The van der Waals surface area contributed by atoms with E-state index in [2.05, 4.69) is 63.3 Å². The molecule has 0 saturated carbocycles. The third kappa shape index (κ3) is 3.95. The van der Waals surface area contributed by atoms with E-state index in [-0.39, 0.29) is 0 Å². The lowest BCUT2D eigenvalue weighted by molar-refractivity contribution is 0.329. The molecule has 2 fully saturated rings. The van der Waals surface area contributed by atoms with Crippen molar-refractivity contribution < 1.29 is 0 Å². The van der Waals surface area contributed by atoms with Gasteiger partial charge >= 0.3 is 0 Å². The number of fused-ring (bicyclic) bond motifs is 1. The van der Waals surface area contributed by atoms with Crippen molar-refractivity contribution in [3.63, 3.8) is 0 Å². The van der Waals surface area contributed by atoms with Crippen molar-refractivity contribution in [3.8, 4) is 6.07 Å². The Morgan fingerprint density at radius 3 is 2.20 bits per heavy atom. The van der Waals surface area contributed by atoms with Gasteiger partial charge in [0.15, 0.2) is 0 Å². The molecule has 0 bridgehead atoms. The molecule has 1 atom stereocenters. The summed E-state index contributed by atoms with van der Waals surface area (Å²) in [6.07, 6.45) is 8.70. The van der Waals surface area contributed by atoms with Crippen LogP contribution in [0.2, 0.25) is 0 Å². The number of nitrogens with zero attached hydrogens (tertiary/aromatic N) is 4. The zero-order valence-electron chi connectivity index (χ0n) is 17.6. The van der Waals surface area contributed by atoms with Crippen LogP contribution >= 0.6 is 0 Å². The SMILES string of the molecule is N#Cc1ccc(N2CCN(c3ccc4c(c3)[C@@H](CCN3CCCC3)C=C4)CC2)cc1. The molecule has 5 rings (SSSR count). The molecule has 0 N–H and O–H groups in total. The third-order valence-corrected chi connectivity index (χ3v) is 6.94. The number of likely N-dealkylation sites (tertiary alicyclic amines) is 1. The Morgan fingerprint density at radius 1 is 0.833 bits per heavy atom. The van der Waals surface area contributed by atoms with Crippen LogP contribution in [0.3, 0.4) is 0 Å². The van der Waals surface area contributed by atoms with Crippen LogP contribution in [0.15, 0.2) is 48.5 Å². The normalized spacial score (nSPS) is 21.1. The predicted octanol–water partition coefficient (Wildman–Crippen LogP) is 4.48. The van der Waals surface area contributed by atoms with Gasteiger partial charge in [0, 0.05) is 43.5 Å². The van der Waals surface area contributed by atoms with E-state index in [0.717, 1.165) is 31.7 Å². The van der Waals surface area contributed by atoms with Crippen LogP contribution in [-0.2, 0) is 0 Å². The first kappa shape index (κ1) is 19.2. The lowest BCUT2D eigenvalue weighted by atomic mass is 9.96. The minimum absolute atomic E-state index is 0.570. The van der Waals surface area contributed by atoms with Gasteiger partial charge in [0.1, 0.15) is 0 Å². The van der Waals surface area contributed by atoms with E-state index >= 15 is 0 Å². The molecule has 4 heteroatoms. The summed E-state index contributed by atoms with van der Waals surface area (Å²) in [6.45, 7) is 7.89. The predicted molar refractivity (Wildman–Crippen MR) is 124 cm³/mol. The molecule has 3 aliphatic rings. The van der Waals surface area contributed by atoms with E-state index in [9.17, 15) is 0 Å². The second kappa shape index (κ2) is 8.53. The maximum Gasteiger partial charge on any atom is 0.0991 e. The van der Waals surface area contributed by atoms with E-state index in [1.165, 1.54) is 61.4 Å². The number of piperazine rings is 1. The van der Waals surface area contributed by atoms with E-state index in [1.54, 1.807) is 0 Å². The smallest absolute Gasteiger partial charge is 0.0991 e. The molecule has 0 spiro atoms. The zero-order valence-corrected chi connectivity index (χ0v) is 17.6. The Labute approximate surface area is 180 Å². The summed E-state index contributed by atoms with van der Waals surface area (Å²) in [7, 11) is 0. The minimum Gasteiger partial charge on any atom is -0.368 e. The monoisotopic (exact) mass is 398 g/mol. The molecule has 2 aliphatic heterocycles. The van der Waals surface area contributed by atoms with Crippen molar-refractivity contribution in [2.24, 2.45) is 0 Å². The highest BCUT2D eigenvalue weighted by atomic mass is 15.3. The number of anilines is 2. The van der Waals surface area contributed by atoms with Crippen LogP contribution in [0.25, 0.3) is 6.08 Å². The van der Waals surface area contributed by atoms with Crippen molar-refractivity contribution in [2.45, 2.75) is 25.2 Å².